The van der Waals surface area contributed by atoms with Crippen molar-refractivity contribution < 1.29 is 19.1 Å². The normalized spacial score (nSPS) is 23.7. The quantitative estimate of drug-likeness (QED) is 0.740. The molecule has 0 radical (unpaired) electrons. The maximum atomic E-state index is 12.4. The Hall–Kier alpha value is -1.79. The van der Waals surface area contributed by atoms with Gasteiger partial charge in [0.05, 0.1) is 7.11 Å². The Morgan fingerprint density at radius 3 is 2.54 bits per heavy atom. The van der Waals surface area contributed by atoms with Gasteiger partial charge in [-0.3, -0.25) is 4.79 Å². The molecule has 6 nitrogen and oxygen atoms in total. The van der Waals surface area contributed by atoms with E-state index in [1.54, 1.807) is 6.07 Å². The van der Waals surface area contributed by atoms with Crippen LogP contribution in [0.1, 0.15) is 37.7 Å². The highest BCUT2D eigenvalue weighted by Crippen LogP contribution is 2.33. The third-order valence-electron chi connectivity index (χ3n) is 5.10. The van der Waals surface area contributed by atoms with E-state index in [1.807, 2.05) is 19.1 Å². The summed E-state index contributed by atoms with van der Waals surface area (Å²) in [5, 5.41) is 6.61. The molecule has 0 spiro atoms. The fraction of sp³-hybridized carbons (Fsp3) is 0.579. The molecule has 0 aliphatic carbocycles. The summed E-state index contributed by atoms with van der Waals surface area (Å²) in [4.78, 5) is 23.5. The monoisotopic (exact) mass is 382 g/mol. The Kier molecular flexibility index (Phi) is 7.29. The molecule has 2 saturated heterocycles. The van der Waals surface area contributed by atoms with Crippen molar-refractivity contribution in [3.05, 3.63) is 23.8 Å². The average Bonchev–Trinajstić information content (AvgIpc) is 2.93. The van der Waals surface area contributed by atoms with Crippen molar-refractivity contribution in [3.63, 3.8) is 0 Å². The van der Waals surface area contributed by atoms with Crippen LogP contribution in [0.2, 0.25) is 0 Å². The molecular weight excluding hydrogens is 356 g/mol. The Bertz CT molecular complexity index is 640. The number of rotatable bonds is 6. The van der Waals surface area contributed by atoms with E-state index in [-0.39, 0.29) is 24.9 Å². The van der Waals surface area contributed by atoms with Gasteiger partial charge >= 0.3 is 5.97 Å². The minimum atomic E-state index is -0.425. The van der Waals surface area contributed by atoms with Crippen LogP contribution in [0, 0.1) is 12.8 Å². The van der Waals surface area contributed by atoms with Gasteiger partial charge in [0.15, 0.2) is 6.61 Å². The van der Waals surface area contributed by atoms with Crippen LogP contribution in [-0.2, 0) is 14.3 Å². The molecule has 1 aromatic rings. The molecule has 26 heavy (non-hydrogen) atoms. The lowest BCUT2D eigenvalue weighted by Crippen LogP contribution is -2.39. The van der Waals surface area contributed by atoms with Crippen LogP contribution >= 0.6 is 12.4 Å². The minimum Gasteiger partial charge on any atom is -0.482 e. The first-order valence-corrected chi connectivity index (χ1v) is 8.89. The lowest BCUT2D eigenvalue weighted by molar-refractivity contribution is -0.142. The number of fused-ring (bicyclic) bond motifs is 2. The molecule has 0 saturated carbocycles. The van der Waals surface area contributed by atoms with Crippen molar-refractivity contribution in [1.82, 2.24) is 5.32 Å². The summed E-state index contributed by atoms with van der Waals surface area (Å²) in [5.74, 6) is 0.696. The molecule has 7 heteroatoms. The number of benzene rings is 1. The van der Waals surface area contributed by atoms with E-state index in [1.165, 1.54) is 20.0 Å². The fourth-order valence-electron chi connectivity index (χ4n) is 3.87. The van der Waals surface area contributed by atoms with Gasteiger partial charge in [0.25, 0.3) is 0 Å². The number of carbonyl (C=O) groups is 2. The van der Waals surface area contributed by atoms with Crippen molar-refractivity contribution in [1.29, 1.82) is 0 Å². The summed E-state index contributed by atoms with van der Waals surface area (Å²) in [7, 11) is 1.32. The summed E-state index contributed by atoms with van der Waals surface area (Å²) in [6, 6.07) is 6.57. The van der Waals surface area contributed by atoms with Gasteiger partial charge in [-0.05, 0) is 62.3 Å². The largest absolute Gasteiger partial charge is 0.482 e. The van der Waals surface area contributed by atoms with E-state index in [0.717, 1.165) is 24.1 Å². The second kappa shape index (κ2) is 9.24. The molecular formula is C19H27ClN2O4. The number of esters is 1. The average molecular weight is 383 g/mol. The van der Waals surface area contributed by atoms with Crippen LogP contribution in [0.25, 0.3) is 0 Å². The Labute approximate surface area is 160 Å². The van der Waals surface area contributed by atoms with Crippen LogP contribution in [0.5, 0.6) is 5.75 Å². The molecule has 0 aromatic heterocycles. The zero-order valence-corrected chi connectivity index (χ0v) is 16.1. The van der Waals surface area contributed by atoms with Gasteiger partial charge in [-0.15, -0.1) is 12.4 Å². The summed E-state index contributed by atoms with van der Waals surface area (Å²) in [5.41, 5.74) is 1.69. The van der Waals surface area contributed by atoms with Crippen LogP contribution in [0.3, 0.4) is 0 Å². The van der Waals surface area contributed by atoms with Crippen molar-refractivity contribution in [2.24, 2.45) is 5.92 Å². The van der Waals surface area contributed by atoms with E-state index >= 15 is 0 Å². The topological polar surface area (TPSA) is 76.7 Å². The molecule has 2 atom stereocenters. The number of piperidine rings is 1. The van der Waals surface area contributed by atoms with E-state index in [2.05, 4.69) is 15.4 Å². The maximum Gasteiger partial charge on any atom is 0.343 e. The number of ether oxygens (including phenoxy) is 2. The second-order valence-corrected chi connectivity index (χ2v) is 7.07. The zero-order valence-electron chi connectivity index (χ0n) is 15.2. The summed E-state index contributed by atoms with van der Waals surface area (Å²) < 4.78 is 9.90. The maximum absolute atomic E-state index is 12.4. The highest BCUT2D eigenvalue weighted by atomic mass is 35.5. The van der Waals surface area contributed by atoms with Gasteiger partial charge in [0, 0.05) is 24.2 Å². The molecule has 144 valence electrons. The molecule has 3 rings (SSSR count). The predicted molar refractivity (Wildman–Crippen MR) is 102 cm³/mol. The first-order valence-electron chi connectivity index (χ1n) is 8.89. The number of hydrogen-bond acceptors (Lipinski definition) is 5. The van der Waals surface area contributed by atoms with Crippen LogP contribution in [-0.4, -0.2) is 37.7 Å². The number of nitrogens with one attached hydrogen (secondary N) is 2. The molecule has 1 aromatic carbocycles. The van der Waals surface area contributed by atoms with Gasteiger partial charge in [-0.25, -0.2) is 4.79 Å². The smallest absolute Gasteiger partial charge is 0.343 e. The minimum absolute atomic E-state index is 0. The summed E-state index contributed by atoms with van der Waals surface area (Å²) in [6.45, 7) is 1.78. The van der Waals surface area contributed by atoms with Gasteiger partial charge in [0.1, 0.15) is 5.75 Å². The van der Waals surface area contributed by atoms with Gasteiger partial charge in [-0.1, -0.05) is 0 Å². The molecule has 2 aliphatic heterocycles. The number of methoxy groups -OCH3 is 1. The molecule has 2 unspecified atom stereocenters. The predicted octanol–water partition coefficient (Wildman–Crippen LogP) is 2.83. The van der Waals surface area contributed by atoms with E-state index in [4.69, 9.17) is 4.74 Å². The third kappa shape index (κ3) is 5.35. The second-order valence-electron chi connectivity index (χ2n) is 7.07. The first-order chi connectivity index (χ1) is 12.0. The number of aryl methyl sites for hydroxylation is 1. The Balaban J connectivity index is 0.00000243. The number of carbonyl (C=O) groups excluding carboxylic acids is 2. The Morgan fingerprint density at radius 1 is 1.23 bits per heavy atom. The molecule has 2 heterocycles. The van der Waals surface area contributed by atoms with Crippen molar-refractivity contribution in [2.45, 2.75) is 51.1 Å². The number of hydrogen-bond donors (Lipinski definition) is 2. The van der Waals surface area contributed by atoms with E-state index < -0.39 is 5.97 Å². The highest BCUT2D eigenvalue weighted by Gasteiger charge is 2.34. The fourth-order valence-corrected chi connectivity index (χ4v) is 3.87. The SMILES string of the molecule is COC(=O)COc1ccc(NC(=O)CC2CC3CCC(C2)N3)c(C)c1.Cl. The standard InChI is InChI=1S/C19H26N2O4.ClH/c1-12-7-16(25-11-19(23)24-2)5-6-17(12)21-18(22)10-13-8-14-3-4-15(9-13)20-14;/h5-7,13-15,20H,3-4,8-11H2,1-2H3,(H,21,22);1H. The molecule has 2 bridgehead atoms. The molecule has 2 fully saturated rings. The van der Waals surface area contributed by atoms with Crippen LogP contribution in [0.15, 0.2) is 18.2 Å². The van der Waals surface area contributed by atoms with Crippen molar-refractivity contribution in [2.75, 3.05) is 19.0 Å². The van der Waals surface area contributed by atoms with E-state index in [0.29, 0.717) is 30.2 Å². The van der Waals surface area contributed by atoms with Crippen LogP contribution < -0.4 is 15.4 Å². The van der Waals surface area contributed by atoms with E-state index in [9.17, 15) is 9.59 Å². The lowest BCUT2D eigenvalue weighted by Gasteiger charge is -2.28. The zero-order chi connectivity index (χ0) is 17.8. The first kappa shape index (κ1) is 20.5. The van der Waals surface area contributed by atoms with Crippen LogP contribution in [0.4, 0.5) is 5.69 Å². The number of amides is 1. The molecule has 2 N–H and O–H groups in total. The lowest BCUT2D eigenvalue weighted by atomic mass is 9.89. The number of anilines is 1. The highest BCUT2D eigenvalue weighted by molar-refractivity contribution is 5.91. The van der Waals surface area contributed by atoms with Gasteiger partial charge in [0.2, 0.25) is 5.91 Å². The molecule has 2 aliphatic rings. The third-order valence-corrected chi connectivity index (χ3v) is 5.10. The number of halogens is 1. The summed E-state index contributed by atoms with van der Waals surface area (Å²) >= 11 is 0. The van der Waals surface area contributed by atoms with Crippen molar-refractivity contribution >= 4 is 30.0 Å². The van der Waals surface area contributed by atoms with Gasteiger partial charge in [-0.2, -0.15) is 0 Å². The Morgan fingerprint density at radius 2 is 1.92 bits per heavy atom. The van der Waals surface area contributed by atoms with Crippen molar-refractivity contribution in [3.8, 4) is 5.75 Å². The summed E-state index contributed by atoms with van der Waals surface area (Å²) in [6.07, 6.45) is 5.27. The van der Waals surface area contributed by atoms with Gasteiger partial charge < -0.3 is 20.1 Å². The molecule has 1 amide bonds.